The van der Waals surface area contributed by atoms with Gasteiger partial charge in [0, 0.05) is 25.6 Å². The summed E-state index contributed by atoms with van der Waals surface area (Å²) in [5.41, 5.74) is 0.214. The predicted octanol–water partition coefficient (Wildman–Crippen LogP) is 1.62. The van der Waals surface area contributed by atoms with Crippen LogP contribution in [0.3, 0.4) is 0 Å². The number of carbonyl (C=O) groups is 1. The van der Waals surface area contributed by atoms with E-state index in [1.165, 1.54) is 6.20 Å². The van der Waals surface area contributed by atoms with Gasteiger partial charge in [-0.2, -0.15) is 0 Å². The van der Waals surface area contributed by atoms with Crippen LogP contribution in [0.15, 0.2) is 6.20 Å². The van der Waals surface area contributed by atoms with E-state index in [1.54, 1.807) is 0 Å². The highest BCUT2D eigenvalue weighted by Crippen LogP contribution is 2.25. The van der Waals surface area contributed by atoms with Crippen molar-refractivity contribution < 1.29 is 9.90 Å². The van der Waals surface area contributed by atoms with Crippen LogP contribution in [-0.2, 0) is 0 Å². The van der Waals surface area contributed by atoms with Gasteiger partial charge in [-0.05, 0) is 25.7 Å². The number of anilines is 1. The van der Waals surface area contributed by atoms with E-state index >= 15 is 0 Å². The predicted molar refractivity (Wildman–Crippen MR) is 84.2 cm³/mol. The van der Waals surface area contributed by atoms with Crippen molar-refractivity contribution in [2.75, 3.05) is 24.5 Å². The van der Waals surface area contributed by atoms with Gasteiger partial charge in [-0.3, -0.25) is 4.79 Å². The van der Waals surface area contributed by atoms with Crippen LogP contribution in [0.1, 0.15) is 42.6 Å². The summed E-state index contributed by atoms with van der Waals surface area (Å²) in [6.07, 6.45) is 6.17. The van der Waals surface area contributed by atoms with E-state index in [-0.39, 0.29) is 28.6 Å². The molecule has 1 saturated carbocycles. The molecular weight excluding hydrogens is 304 g/mol. The lowest BCUT2D eigenvalue weighted by molar-refractivity contribution is 0.0912. The second-order valence-corrected chi connectivity index (χ2v) is 6.44. The highest BCUT2D eigenvalue weighted by Gasteiger charge is 2.26. The number of nitrogens with one attached hydrogen (secondary N) is 1. The van der Waals surface area contributed by atoms with Gasteiger partial charge >= 0.3 is 0 Å². The van der Waals surface area contributed by atoms with Gasteiger partial charge in [-0.25, -0.2) is 9.97 Å². The molecular formula is C15H21ClN4O2. The maximum atomic E-state index is 12.3. The van der Waals surface area contributed by atoms with Gasteiger partial charge in [0.2, 0.25) is 5.95 Å². The summed E-state index contributed by atoms with van der Waals surface area (Å²) in [5, 5.41) is 12.9. The van der Waals surface area contributed by atoms with E-state index in [0.29, 0.717) is 12.5 Å². The number of aliphatic hydroxyl groups excluding tert-OH is 1. The standard InChI is InChI=1S/C15H21ClN4O2/c16-11-9-18-15(20-6-1-2-7-20)19-13(11)14(22)17-8-10-4-3-5-12(10)21/h9-10,12,21H,1-8H2,(H,17,22). The van der Waals surface area contributed by atoms with Gasteiger partial charge in [0.05, 0.1) is 17.3 Å². The molecule has 3 rings (SSSR count). The van der Waals surface area contributed by atoms with Crippen LogP contribution in [0, 0.1) is 5.92 Å². The first-order valence-corrected chi connectivity index (χ1v) is 8.26. The molecule has 1 aromatic rings. The number of rotatable bonds is 4. The number of amides is 1. The van der Waals surface area contributed by atoms with Gasteiger partial charge in [-0.15, -0.1) is 0 Å². The Morgan fingerprint density at radius 1 is 1.36 bits per heavy atom. The zero-order valence-corrected chi connectivity index (χ0v) is 13.2. The fraction of sp³-hybridized carbons (Fsp3) is 0.667. The van der Waals surface area contributed by atoms with Crippen molar-refractivity contribution in [2.24, 2.45) is 5.92 Å². The summed E-state index contributed by atoms with van der Waals surface area (Å²) < 4.78 is 0. The smallest absolute Gasteiger partial charge is 0.271 e. The zero-order valence-electron chi connectivity index (χ0n) is 12.5. The topological polar surface area (TPSA) is 78.3 Å². The highest BCUT2D eigenvalue weighted by molar-refractivity contribution is 6.33. The first kappa shape index (κ1) is 15.5. The molecule has 1 aromatic heterocycles. The Bertz CT molecular complexity index is 548. The Morgan fingerprint density at radius 2 is 2.14 bits per heavy atom. The maximum absolute atomic E-state index is 12.3. The molecule has 0 bridgehead atoms. The van der Waals surface area contributed by atoms with Crippen LogP contribution in [0.2, 0.25) is 5.02 Å². The second kappa shape index (κ2) is 6.79. The SMILES string of the molecule is O=C(NCC1CCCC1O)c1nc(N2CCCC2)ncc1Cl. The Morgan fingerprint density at radius 3 is 2.82 bits per heavy atom. The summed E-state index contributed by atoms with van der Waals surface area (Å²) in [6.45, 7) is 2.29. The van der Waals surface area contributed by atoms with Crippen LogP contribution in [-0.4, -0.2) is 46.7 Å². The van der Waals surface area contributed by atoms with E-state index < -0.39 is 0 Å². The van der Waals surface area contributed by atoms with Crippen LogP contribution < -0.4 is 10.2 Å². The van der Waals surface area contributed by atoms with Gasteiger partial charge in [-0.1, -0.05) is 18.0 Å². The number of halogens is 1. The quantitative estimate of drug-likeness (QED) is 0.880. The molecule has 6 nitrogen and oxygen atoms in total. The minimum Gasteiger partial charge on any atom is -0.393 e. The number of hydrogen-bond donors (Lipinski definition) is 2. The van der Waals surface area contributed by atoms with Crippen molar-refractivity contribution in [2.45, 2.75) is 38.2 Å². The summed E-state index contributed by atoms with van der Waals surface area (Å²) in [6, 6.07) is 0. The fourth-order valence-electron chi connectivity index (χ4n) is 3.15. The molecule has 2 heterocycles. The van der Waals surface area contributed by atoms with Crippen molar-refractivity contribution >= 4 is 23.5 Å². The Hall–Kier alpha value is -1.40. The molecule has 0 aromatic carbocycles. The third-order valence-electron chi connectivity index (χ3n) is 4.48. The zero-order chi connectivity index (χ0) is 15.5. The van der Waals surface area contributed by atoms with Crippen LogP contribution in [0.25, 0.3) is 0 Å². The monoisotopic (exact) mass is 324 g/mol. The Kier molecular flexibility index (Phi) is 4.78. The fourth-order valence-corrected chi connectivity index (χ4v) is 3.33. The van der Waals surface area contributed by atoms with Crippen molar-refractivity contribution in [1.29, 1.82) is 0 Å². The molecule has 0 spiro atoms. The second-order valence-electron chi connectivity index (χ2n) is 6.03. The molecule has 1 saturated heterocycles. The molecule has 1 aliphatic carbocycles. The summed E-state index contributed by atoms with van der Waals surface area (Å²) in [7, 11) is 0. The molecule has 2 unspecified atom stereocenters. The first-order valence-electron chi connectivity index (χ1n) is 7.89. The minimum absolute atomic E-state index is 0.127. The van der Waals surface area contributed by atoms with E-state index in [9.17, 15) is 9.90 Å². The molecule has 2 atom stereocenters. The molecule has 2 fully saturated rings. The third kappa shape index (κ3) is 3.33. The lowest BCUT2D eigenvalue weighted by Gasteiger charge is -2.17. The minimum atomic E-state index is -0.318. The molecule has 7 heteroatoms. The molecule has 1 amide bonds. The van der Waals surface area contributed by atoms with E-state index in [4.69, 9.17) is 11.6 Å². The number of carbonyl (C=O) groups excluding carboxylic acids is 1. The van der Waals surface area contributed by atoms with Gasteiger partial charge in [0.25, 0.3) is 5.91 Å². The summed E-state index contributed by atoms with van der Waals surface area (Å²) in [5.74, 6) is 0.391. The van der Waals surface area contributed by atoms with Gasteiger partial charge in [0.15, 0.2) is 5.69 Å². The van der Waals surface area contributed by atoms with E-state index in [2.05, 4.69) is 20.2 Å². The highest BCUT2D eigenvalue weighted by atomic mass is 35.5. The van der Waals surface area contributed by atoms with Gasteiger partial charge < -0.3 is 15.3 Å². The molecule has 120 valence electrons. The van der Waals surface area contributed by atoms with Gasteiger partial charge in [0.1, 0.15) is 0 Å². The molecule has 2 N–H and O–H groups in total. The van der Waals surface area contributed by atoms with Crippen molar-refractivity contribution in [3.8, 4) is 0 Å². The van der Waals surface area contributed by atoms with Crippen molar-refractivity contribution in [1.82, 2.24) is 15.3 Å². The Balaban J connectivity index is 1.67. The van der Waals surface area contributed by atoms with Crippen molar-refractivity contribution in [3.05, 3.63) is 16.9 Å². The average molecular weight is 325 g/mol. The van der Waals surface area contributed by atoms with Crippen molar-refractivity contribution in [3.63, 3.8) is 0 Å². The molecule has 1 aliphatic heterocycles. The molecule has 0 radical (unpaired) electrons. The molecule has 2 aliphatic rings. The number of nitrogens with zero attached hydrogens (tertiary/aromatic N) is 3. The third-order valence-corrected chi connectivity index (χ3v) is 4.76. The number of aliphatic hydroxyl groups is 1. The number of hydrogen-bond acceptors (Lipinski definition) is 5. The normalized spacial score (nSPS) is 24.7. The molecule has 22 heavy (non-hydrogen) atoms. The largest absolute Gasteiger partial charge is 0.393 e. The summed E-state index contributed by atoms with van der Waals surface area (Å²) >= 11 is 6.07. The average Bonchev–Trinajstić information content (AvgIpc) is 3.17. The van der Waals surface area contributed by atoms with Crippen LogP contribution in [0.5, 0.6) is 0 Å². The maximum Gasteiger partial charge on any atom is 0.271 e. The van der Waals surface area contributed by atoms with Crippen LogP contribution >= 0.6 is 11.6 Å². The number of aromatic nitrogens is 2. The lowest BCUT2D eigenvalue weighted by Crippen LogP contribution is -2.33. The lowest BCUT2D eigenvalue weighted by atomic mass is 10.1. The Labute approximate surface area is 134 Å². The summed E-state index contributed by atoms with van der Waals surface area (Å²) in [4.78, 5) is 22.9. The van der Waals surface area contributed by atoms with E-state index in [1.807, 2.05) is 0 Å². The van der Waals surface area contributed by atoms with Crippen LogP contribution in [0.4, 0.5) is 5.95 Å². The first-order chi connectivity index (χ1) is 10.6. The van der Waals surface area contributed by atoms with E-state index in [0.717, 1.165) is 45.2 Å².